The molecule has 3 heterocycles. The average Bonchev–Trinajstić information content (AvgIpc) is 2.55. The molecule has 2 N–H and O–H groups in total. The third-order valence-corrected chi connectivity index (χ3v) is 5.43. The summed E-state index contributed by atoms with van der Waals surface area (Å²) < 4.78 is 0. The quantitative estimate of drug-likeness (QED) is 0.809. The van der Waals surface area contributed by atoms with E-state index in [1.807, 2.05) is 24.3 Å². The fourth-order valence-corrected chi connectivity index (χ4v) is 3.87. The summed E-state index contributed by atoms with van der Waals surface area (Å²) in [5.74, 6) is 0.533. The van der Waals surface area contributed by atoms with Crippen LogP contribution in [0.2, 0.25) is 0 Å². The van der Waals surface area contributed by atoms with Crippen molar-refractivity contribution in [2.75, 3.05) is 19.6 Å². The Bertz CT molecular complexity index is 612. The Hall–Kier alpha value is -1.46. The van der Waals surface area contributed by atoms with E-state index in [0.717, 1.165) is 6.54 Å². The molecule has 3 saturated heterocycles. The van der Waals surface area contributed by atoms with E-state index >= 15 is 0 Å². The molecule has 4 rings (SSSR count). The van der Waals surface area contributed by atoms with Gasteiger partial charge in [0.1, 0.15) is 0 Å². The smallest absolute Gasteiger partial charge is 0.257 e. The summed E-state index contributed by atoms with van der Waals surface area (Å²) in [5, 5.41) is 6.61. The van der Waals surface area contributed by atoms with Crippen molar-refractivity contribution >= 4 is 23.2 Å². The number of nitrogens with zero attached hydrogens (tertiary/aromatic N) is 1. The van der Waals surface area contributed by atoms with Crippen LogP contribution in [0.3, 0.4) is 0 Å². The van der Waals surface area contributed by atoms with Crippen LogP contribution in [-0.4, -0.2) is 41.6 Å². The third kappa shape index (κ3) is 3.95. The van der Waals surface area contributed by atoms with Crippen LogP contribution < -0.4 is 10.6 Å². The van der Waals surface area contributed by atoms with Crippen molar-refractivity contribution in [3.05, 3.63) is 35.4 Å². The van der Waals surface area contributed by atoms with Crippen LogP contribution in [0.15, 0.2) is 24.3 Å². The number of piperidine rings is 3. The molecule has 0 spiro atoms. The molecular formula is C19H27N3OS. The zero-order chi connectivity index (χ0) is 17.3. The van der Waals surface area contributed by atoms with E-state index in [9.17, 15) is 4.79 Å². The Morgan fingerprint density at radius 2 is 1.79 bits per heavy atom. The van der Waals surface area contributed by atoms with Crippen LogP contribution >= 0.6 is 12.2 Å². The molecule has 2 bridgehead atoms. The minimum Gasteiger partial charge on any atom is -0.358 e. The van der Waals surface area contributed by atoms with E-state index in [1.54, 1.807) is 0 Å². The Balaban J connectivity index is 1.55. The Morgan fingerprint density at radius 3 is 2.29 bits per heavy atom. The summed E-state index contributed by atoms with van der Waals surface area (Å²) in [6.45, 7) is 9.91. The number of carbonyl (C=O) groups is 1. The topological polar surface area (TPSA) is 44.4 Å². The number of nitrogens with one attached hydrogen (secondary N) is 2. The molecule has 3 fully saturated rings. The number of benzene rings is 1. The standard InChI is InChI=1S/C19H27N3OS/c1-19(2,3)15-6-4-14(5-7-15)17(23)21-18(24)20-16-12-22-10-8-13(16)9-11-22/h4-7,13,16H,8-12H2,1-3H3,(H2,20,21,23,24). The molecule has 1 amide bonds. The molecule has 3 aliphatic rings. The Labute approximate surface area is 150 Å². The molecule has 0 radical (unpaired) electrons. The average molecular weight is 346 g/mol. The van der Waals surface area contributed by atoms with Crippen LogP contribution in [0.4, 0.5) is 0 Å². The van der Waals surface area contributed by atoms with Gasteiger partial charge in [-0.3, -0.25) is 10.1 Å². The van der Waals surface area contributed by atoms with Crippen LogP contribution in [0.1, 0.15) is 49.5 Å². The molecule has 1 unspecified atom stereocenters. The van der Waals surface area contributed by atoms with Crippen molar-refractivity contribution in [1.29, 1.82) is 0 Å². The number of thiocarbonyl (C=S) groups is 1. The van der Waals surface area contributed by atoms with Gasteiger partial charge in [0.25, 0.3) is 5.91 Å². The zero-order valence-corrected chi connectivity index (χ0v) is 15.6. The third-order valence-electron chi connectivity index (χ3n) is 5.21. The van der Waals surface area contributed by atoms with Crippen molar-refractivity contribution < 1.29 is 4.79 Å². The van der Waals surface area contributed by atoms with Gasteiger partial charge < -0.3 is 10.2 Å². The molecule has 130 valence electrons. The van der Waals surface area contributed by atoms with E-state index in [4.69, 9.17) is 12.2 Å². The summed E-state index contributed by atoms with van der Waals surface area (Å²) >= 11 is 5.35. The van der Waals surface area contributed by atoms with Crippen LogP contribution in [0.25, 0.3) is 0 Å². The minimum atomic E-state index is -0.144. The van der Waals surface area contributed by atoms with Gasteiger partial charge in [0.2, 0.25) is 0 Å². The maximum Gasteiger partial charge on any atom is 0.257 e. The monoisotopic (exact) mass is 345 g/mol. The molecular weight excluding hydrogens is 318 g/mol. The lowest BCUT2D eigenvalue weighted by atomic mass is 9.84. The minimum absolute atomic E-state index is 0.0848. The van der Waals surface area contributed by atoms with E-state index < -0.39 is 0 Å². The van der Waals surface area contributed by atoms with Crippen LogP contribution in [0.5, 0.6) is 0 Å². The largest absolute Gasteiger partial charge is 0.358 e. The molecule has 0 saturated carbocycles. The second-order valence-electron chi connectivity index (χ2n) is 8.00. The molecule has 3 aliphatic heterocycles. The Morgan fingerprint density at radius 1 is 1.17 bits per heavy atom. The summed E-state index contributed by atoms with van der Waals surface area (Å²) in [7, 11) is 0. The van der Waals surface area contributed by atoms with Gasteiger partial charge in [-0.25, -0.2) is 0 Å². The molecule has 1 aromatic carbocycles. The highest BCUT2D eigenvalue weighted by molar-refractivity contribution is 7.80. The number of hydrogen-bond acceptors (Lipinski definition) is 3. The number of carbonyl (C=O) groups excluding carboxylic acids is 1. The summed E-state index contributed by atoms with van der Waals surface area (Å²) in [6, 6.07) is 8.13. The fraction of sp³-hybridized carbons (Fsp3) is 0.579. The highest BCUT2D eigenvalue weighted by atomic mass is 32.1. The lowest BCUT2D eigenvalue weighted by Crippen LogP contribution is -2.59. The van der Waals surface area contributed by atoms with Crippen molar-refractivity contribution in [2.24, 2.45) is 5.92 Å². The summed E-state index contributed by atoms with van der Waals surface area (Å²) in [5.41, 5.74) is 1.94. The van der Waals surface area contributed by atoms with Gasteiger partial charge in [0, 0.05) is 18.2 Å². The van der Waals surface area contributed by atoms with Gasteiger partial charge >= 0.3 is 0 Å². The van der Waals surface area contributed by atoms with Gasteiger partial charge in [-0.05, 0) is 67.2 Å². The predicted molar refractivity (Wildman–Crippen MR) is 101 cm³/mol. The van der Waals surface area contributed by atoms with E-state index in [0.29, 0.717) is 22.6 Å². The molecule has 0 aromatic heterocycles. The van der Waals surface area contributed by atoms with Crippen molar-refractivity contribution in [2.45, 2.75) is 45.1 Å². The van der Waals surface area contributed by atoms with E-state index in [-0.39, 0.29) is 11.3 Å². The number of amides is 1. The zero-order valence-electron chi connectivity index (χ0n) is 14.8. The van der Waals surface area contributed by atoms with Crippen LogP contribution in [0, 0.1) is 5.92 Å². The summed E-state index contributed by atoms with van der Waals surface area (Å²) in [4.78, 5) is 14.8. The Kier molecular flexibility index (Phi) is 4.92. The lowest BCUT2D eigenvalue weighted by Gasteiger charge is -2.45. The highest BCUT2D eigenvalue weighted by Gasteiger charge is 2.34. The first-order valence-corrected chi connectivity index (χ1v) is 9.18. The molecule has 24 heavy (non-hydrogen) atoms. The number of rotatable bonds is 2. The lowest BCUT2D eigenvalue weighted by molar-refractivity contribution is 0.0807. The molecule has 4 nitrogen and oxygen atoms in total. The van der Waals surface area contributed by atoms with Crippen molar-refractivity contribution in [1.82, 2.24) is 15.5 Å². The first-order valence-electron chi connectivity index (χ1n) is 8.78. The van der Waals surface area contributed by atoms with E-state index in [1.165, 1.54) is 31.5 Å². The number of fused-ring (bicyclic) bond motifs is 3. The molecule has 5 heteroatoms. The SMILES string of the molecule is CC(C)(C)c1ccc(C(=O)NC(=S)NC2CN3CCC2CC3)cc1. The molecule has 1 aromatic rings. The van der Waals surface area contributed by atoms with Gasteiger partial charge in [-0.2, -0.15) is 0 Å². The maximum atomic E-state index is 12.4. The second-order valence-corrected chi connectivity index (χ2v) is 8.41. The van der Waals surface area contributed by atoms with Gasteiger partial charge in [0.15, 0.2) is 5.11 Å². The predicted octanol–water partition coefficient (Wildman–Crippen LogP) is 2.68. The second kappa shape index (κ2) is 6.81. The molecule has 1 atom stereocenters. The maximum absolute atomic E-state index is 12.4. The first kappa shape index (κ1) is 17.4. The first-order chi connectivity index (χ1) is 11.3. The summed E-state index contributed by atoms with van der Waals surface area (Å²) in [6.07, 6.45) is 2.45. The normalized spacial score (nSPS) is 26.0. The van der Waals surface area contributed by atoms with Crippen molar-refractivity contribution in [3.8, 4) is 0 Å². The molecule has 0 aliphatic carbocycles. The van der Waals surface area contributed by atoms with Gasteiger partial charge in [-0.1, -0.05) is 32.9 Å². The van der Waals surface area contributed by atoms with Gasteiger partial charge in [-0.15, -0.1) is 0 Å². The highest BCUT2D eigenvalue weighted by Crippen LogP contribution is 2.27. The van der Waals surface area contributed by atoms with Gasteiger partial charge in [0.05, 0.1) is 0 Å². The number of hydrogen-bond donors (Lipinski definition) is 2. The van der Waals surface area contributed by atoms with Crippen molar-refractivity contribution in [3.63, 3.8) is 0 Å². The van der Waals surface area contributed by atoms with Crippen LogP contribution in [-0.2, 0) is 5.41 Å². The fourth-order valence-electron chi connectivity index (χ4n) is 3.63. The van der Waals surface area contributed by atoms with E-state index in [2.05, 4.69) is 36.3 Å².